The fourth-order valence-corrected chi connectivity index (χ4v) is 3.02. The summed E-state index contributed by atoms with van der Waals surface area (Å²) in [5, 5.41) is 6.83. The highest BCUT2D eigenvalue weighted by molar-refractivity contribution is 6.04. The smallest absolute Gasteiger partial charge is 0.274 e. The summed E-state index contributed by atoms with van der Waals surface area (Å²) in [5.74, 6) is -0.776. The molecule has 2 heterocycles. The van der Waals surface area contributed by atoms with Crippen molar-refractivity contribution in [2.45, 2.75) is 6.10 Å². The number of carbonyl (C=O) groups is 1. The molecule has 1 aromatic heterocycles. The third-order valence-corrected chi connectivity index (χ3v) is 4.36. The summed E-state index contributed by atoms with van der Waals surface area (Å²) in [6.45, 7) is 1.89. The summed E-state index contributed by atoms with van der Waals surface area (Å²) in [6, 6.07) is 15.7. The standard InChI is InChI=1S/C20H18FN3O2/c21-16-11-14(6-7-15(16)19-12-22-9-10-26-19)23-20(25)18-8-5-13-3-1-2-4-17(13)24-18/h1-8,11,19,22H,9-10,12H2,(H,23,25)/t19-/m1/s1. The first-order valence-corrected chi connectivity index (χ1v) is 8.49. The van der Waals surface area contributed by atoms with Crippen molar-refractivity contribution in [3.63, 3.8) is 0 Å². The van der Waals surface area contributed by atoms with Gasteiger partial charge in [0.05, 0.1) is 18.2 Å². The molecule has 1 amide bonds. The Labute approximate surface area is 150 Å². The number of benzene rings is 2. The van der Waals surface area contributed by atoms with Crippen molar-refractivity contribution in [2.24, 2.45) is 0 Å². The fourth-order valence-electron chi connectivity index (χ4n) is 3.02. The second kappa shape index (κ2) is 7.19. The van der Waals surface area contributed by atoms with Gasteiger partial charge in [0.25, 0.3) is 5.91 Å². The fraction of sp³-hybridized carbons (Fsp3) is 0.200. The third-order valence-electron chi connectivity index (χ3n) is 4.36. The Kier molecular flexibility index (Phi) is 4.60. The molecule has 0 bridgehead atoms. The van der Waals surface area contributed by atoms with Crippen molar-refractivity contribution in [2.75, 3.05) is 25.0 Å². The van der Waals surface area contributed by atoms with Crippen LogP contribution in [0.5, 0.6) is 0 Å². The topological polar surface area (TPSA) is 63.2 Å². The second-order valence-corrected chi connectivity index (χ2v) is 6.14. The van der Waals surface area contributed by atoms with E-state index in [-0.39, 0.29) is 17.7 Å². The van der Waals surface area contributed by atoms with Crippen LogP contribution < -0.4 is 10.6 Å². The molecule has 1 atom stereocenters. The molecule has 1 saturated heterocycles. The molecule has 26 heavy (non-hydrogen) atoms. The lowest BCUT2D eigenvalue weighted by Crippen LogP contribution is -2.33. The Morgan fingerprint density at radius 2 is 2.08 bits per heavy atom. The molecular formula is C20H18FN3O2. The van der Waals surface area contributed by atoms with Gasteiger partial charge in [-0.25, -0.2) is 9.37 Å². The zero-order valence-electron chi connectivity index (χ0n) is 14.0. The van der Waals surface area contributed by atoms with E-state index in [0.29, 0.717) is 24.4 Å². The van der Waals surface area contributed by atoms with Gasteiger partial charge in [0.2, 0.25) is 0 Å². The van der Waals surface area contributed by atoms with Crippen LogP contribution in [0.15, 0.2) is 54.6 Å². The van der Waals surface area contributed by atoms with Crippen LogP contribution in [0.25, 0.3) is 10.9 Å². The number of amides is 1. The highest BCUT2D eigenvalue weighted by Gasteiger charge is 2.20. The molecule has 4 rings (SSSR count). The second-order valence-electron chi connectivity index (χ2n) is 6.14. The molecule has 1 fully saturated rings. The SMILES string of the molecule is O=C(Nc1ccc([C@H]2CNCCO2)c(F)c1)c1ccc2ccccc2n1. The number of nitrogens with zero attached hydrogens (tertiary/aromatic N) is 1. The predicted molar refractivity (Wildman–Crippen MR) is 97.7 cm³/mol. The lowest BCUT2D eigenvalue weighted by Gasteiger charge is -2.24. The molecule has 5 nitrogen and oxygen atoms in total. The Morgan fingerprint density at radius 1 is 1.19 bits per heavy atom. The number of morpholine rings is 1. The number of hydrogen-bond acceptors (Lipinski definition) is 4. The summed E-state index contributed by atoms with van der Waals surface area (Å²) in [4.78, 5) is 16.8. The molecule has 1 aliphatic heterocycles. The minimum atomic E-state index is -0.400. The number of anilines is 1. The summed E-state index contributed by atoms with van der Waals surface area (Å²) >= 11 is 0. The van der Waals surface area contributed by atoms with Crippen LogP contribution in [-0.2, 0) is 4.74 Å². The van der Waals surface area contributed by atoms with Crippen LogP contribution in [0.1, 0.15) is 22.2 Å². The van der Waals surface area contributed by atoms with Gasteiger partial charge >= 0.3 is 0 Å². The van der Waals surface area contributed by atoms with Crippen molar-refractivity contribution >= 4 is 22.5 Å². The van der Waals surface area contributed by atoms with Gasteiger partial charge < -0.3 is 15.4 Å². The van der Waals surface area contributed by atoms with E-state index in [1.165, 1.54) is 6.07 Å². The largest absolute Gasteiger partial charge is 0.371 e. The molecule has 0 saturated carbocycles. The van der Waals surface area contributed by atoms with E-state index in [0.717, 1.165) is 17.4 Å². The van der Waals surface area contributed by atoms with E-state index >= 15 is 0 Å². The number of rotatable bonds is 3. The first kappa shape index (κ1) is 16.6. The molecule has 2 N–H and O–H groups in total. The third kappa shape index (κ3) is 3.42. The number of nitrogens with one attached hydrogen (secondary N) is 2. The Hall–Kier alpha value is -2.83. The van der Waals surface area contributed by atoms with E-state index in [1.807, 2.05) is 30.3 Å². The normalized spacial score (nSPS) is 17.2. The van der Waals surface area contributed by atoms with Gasteiger partial charge in [0, 0.05) is 29.7 Å². The minimum absolute atomic E-state index is 0.285. The summed E-state index contributed by atoms with van der Waals surface area (Å²) in [7, 11) is 0. The number of aromatic nitrogens is 1. The minimum Gasteiger partial charge on any atom is -0.371 e. The van der Waals surface area contributed by atoms with Crippen molar-refractivity contribution in [3.05, 3.63) is 71.7 Å². The zero-order valence-corrected chi connectivity index (χ0v) is 14.0. The maximum atomic E-state index is 14.4. The Balaban J connectivity index is 1.52. The number of ether oxygens (including phenoxy) is 1. The molecule has 2 aromatic carbocycles. The van der Waals surface area contributed by atoms with Crippen LogP contribution in [0, 0.1) is 5.82 Å². The predicted octanol–water partition coefficient (Wildman–Crippen LogP) is 3.29. The van der Waals surface area contributed by atoms with E-state index in [2.05, 4.69) is 15.6 Å². The maximum Gasteiger partial charge on any atom is 0.274 e. The molecule has 3 aromatic rings. The average Bonchev–Trinajstić information content (AvgIpc) is 2.68. The molecule has 6 heteroatoms. The molecule has 0 unspecified atom stereocenters. The van der Waals surface area contributed by atoms with Gasteiger partial charge in [-0.15, -0.1) is 0 Å². The Morgan fingerprint density at radius 3 is 2.88 bits per heavy atom. The van der Waals surface area contributed by atoms with Crippen molar-refractivity contribution in [3.8, 4) is 0 Å². The number of carbonyl (C=O) groups excluding carboxylic acids is 1. The van der Waals surface area contributed by atoms with E-state index in [1.54, 1.807) is 18.2 Å². The maximum absolute atomic E-state index is 14.4. The number of hydrogen-bond donors (Lipinski definition) is 2. The van der Waals surface area contributed by atoms with Crippen molar-refractivity contribution in [1.29, 1.82) is 0 Å². The van der Waals surface area contributed by atoms with Crippen LogP contribution in [0.3, 0.4) is 0 Å². The lowest BCUT2D eigenvalue weighted by atomic mass is 10.1. The summed E-state index contributed by atoms with van der Waals surface area (Å²) in [6.07, 6.45) is -0.310. The Bertz CT molecular complexity index is 955. The highest BCUT2D eigenvalue weighted by atomic mass is 19.1. The van der Waals surface area contributed by atoms with Crippen molar-refractivity contribution in [1.82, 2.24) is 10.3 Å². The van der Waals surface area contributed by atoms with Gasteiger partial charge in [0.15, 0.2) is 0 Å². The van der Waals surface area contributed by atoms with Crippen LogP contribution >= 0.6 is 0 Å². The molecular weight excluding hydrogens is 333 g/mol. The number of fused-ring (bicyclic) bond motifs is 1. The quantitative estimate of drug-likeness (QED) is 0.760. The number of halogens is 1. The van der Waals surface area contributed by atoms with Gasteiger partial charge in [-0.3, -0.25) is 4.79 Å². The van der Waals surface area contributed by atoms with Gasteiger partial charge in [-0.05, 0) is 24.3 Å². The van der Waals surface area contributed by atoms with E-state index in [4.69, 9.17) is 4.74 Å². The van der Waals surface area contributed by atoms with E-state index < -0.39 is 5.82 Å². The van der Waals surface area contributed by atoms with Crippen LogP contribution in [0.2, 0.25) is 0 Å². The molecule has 0 radical (unpaired) electrons. The first-order valence-electron chi connectivity index (χ1n) is 8.49. The molecule has 0 aliphatic carbocycles. The average molecular weight is 351 g/mol. The van der Waals surface area contributed by atoms with E-state index in [9.17, 15) is 9.18 Å². The first-order chi connectivity index (χ1) is 12.7. The van der Waals surface area contributed by atoms with Crippen LogP contribution in [0.4, 0.5) is 10.1 Å². The lowest BCUT2D eigenvalue weighted by molar-refractivity contribution is 0.0255. The summed E-state index contributed by atoms with van der Waals surface area (Å²) in [5.41, 5.74) is 1.89. The van der Waals surface area contributed by atoms with Gasteiger partial charge in [-0.1, -0.05) is 30.3 Å². The zero-order chi connectivity index (χ0) is 17.9. The van der Waals surface area contributed by atoms with Crippen LogP contribution in [-0.4, -0.2) is 30.6 Å². The molecule has 0 spiro atoms. The van der Waals surface area contributed by atoms with Gasteiger partial charge in [0.1, 0.15) is 11.5 Å². The summed E-state index contributed by atoms with van der Waals surface area (Å²) < 4.78 is 20.0. The molecule has 132 valence electrons. The van der Waals surface area contributed by atoms with Crippen molar-refractivity contribution < 1.29 is 13.9 Å². The van der Waals surface area contributed by atoms with Gasteiger partial charge in [-0.2, -0.15) is 0 Å². The number of pyridine rings is 1. The number of para-hydroxylation sites is 1. The monoisotopic (exact) mass is 351 g/mol. The highest BCUT2D eigenvalue weighted by Crippen LogP contribution is 2.24. The molecule has 1 aliphatic rings.